The summed E-state index contributed by atoms with van der Waals surface area (Å²) in [5.74, 6) is 0.365. The van der Waals surface area contributed by atoms with Crippen molar-refractivity contribution in [2.24, 2.45) is 11.8 Å². The van der Waals surface area contributed by atoms with Crippen LogP contribution in [0.5, 0.6) is 0 Å². The predicted molar refractivity (Wildman–Crippen MR) is 50.0 cm³/mol. The third-order valence-corrected chi connectivity index (χ3v) is 3.00. The molecular formula is C11H19NaO2. The number of rotatable bonds is 6. The number of carboxylic acid groups (broad SMARTS) is 1. The number of carbonyl (C=O) groups excluding carboxylic acids is 1. The van der Waals surface area contributed by atoms with E-state index in [1.807, 2.05) is 0 Å². The van der Waals surface area contributed by atoms with Crippen molar-refractivity contribution in [2.75, 3.05) is 0 Å². The molecular weight excluding hydrogens is 187 g/mol. The molecule has 0 spiro atoms. The monoisotopic (exact) mass is 206 g/mol. The van der Waals surface area contributed by atoms with Crippen molar-refractivity contribution < 1.29 is 39.5 Å². The van der Waals surface area contributed by atoms with Crippen LogP contribution in [0.25, 0.3) is 0 Å². The summed E-state index contributed by atoms with van der Waals surface area (Å²) < 4.78 is 0. The van der Waals surface area contributed by atoms with Crippen molar-refractivity contribution in [2.45, 2.75) is 51.9 Å². The minimum atomic E-state index is -0.878. The molecule has 0 aromatic rings. The second-order valence-corrected chi connectivity index (χ2v) is 4.28. The van der Waals surface area contributed by atoms with Gasteiger partial charge in [-0.1, -0.05) is 32.6 Å². The summed E-state index contributed by atoms with van der Waals surface area (Å²) in [7, 11) is 0. The van der Waals surface area contributed by atoms with Gasteiger partial charge in [-0.05, 0) is 31.1 Å². The second-order valence-electron chi connectivity index (χ2n) is 4.28. The molecule has 0 heterocycles. The first-order valence-corrected chi connectivity index (χ1v) is 5.42. The zero-order valence-electron chi connectivity index (χ0n) is 9.42. The van der Waals surface area contributed by atoms with Gasteiger partial charge in [0.15, 0.2) is 0 Å². The molecule has 1 fully saturated rings. The average Bonchev–Trinajstić information content (AvgIpc) is 1.99. The summed E-state index contributed by atoms with van der Waals surface area (Å²) in [5.41, 5.74) is 0. The molecule has 0 aromatic heterocycles. The number of carbonyl (C=O) groups is 1. The van der Waals surface area contributed by atoms with Crippen molar-refractivity contribution in [3.63, 3.8) is 0 Å². The summed E-state index contributed by atoms with van der Waals surface area (Å²) >= 11 is 0. The third kappa shape index (κ3) is 5.38. The molecule has 2 nitrogen and oxygen atoms in total. The van der Waals surface area contributed by atoms with E-state index in [2.05, 4.69) is 6.92 Å². The minimum absolute atomic E-state index is 0. The van der Waals surface area contributed by atoms with Crippen molar-refractivity contribution in [1.29, 1.82) is 0 Å². The van der Waals surface area contributed by atoms with Crippen LogP contribution in [0.3, 0.4) is 0 Å². The van der Waals surface area contributed by atoms with Crippen LogP contribution in [0, 0.1) is 11.8 Å². The number of aliphatic carboxylic acids is 1. The maximum Gasteiger partial charge on any atom is 1.00 e. The molecule has 0 saturated heterocycles. The predicted octanol–water partition coefficient (Wildman–Crippen LogP) is -1.26. The summed E-state index contributed by atoms with van der Waals surface area (Å²) in [6.45, 7) is 2.21. The standard InChI is InChI=1S/C11H20O2.Na/c1-2-3-4-5-9-6-10(7-9)8-11(12)13;/h9-10H,2-8H2,1H3,(H,12,13);/q;+1/p-1. The zero-order valence-corrected chi connectivity index (χ0v) is 11.4. The maximum atomic E-state index is 10.3. The van der Waals surface area contributed by atoms with Gasteiger partial charge in [-0.2, -0.15) is 0 Å². The molecule has 0 bridgehead atoms. The first kappa shape index (κ1) is 14.5. The van der Waals surface area contributed by atoms with E-state index in [-0.39, 0.29) is 36.0 Å². The Kier molecular flexibility index (Phi) is 7.98. The van der Waals surface area contributed by atoms with E-state index in [4.69, 9.17) is 0 Å². The molecule has 0 atom stereocenters. The quantitative estimate of drug-likeness (QED) is 0.402. The summed E-state index contributed by atoms with van der Waals surface area (Å²) in [5, 5.41) is 10.3. The van der Waals surface area contributed by atoms with Crippen LogP contribution in [0.4, 0.5) is 0 Å². The fourth-order valence-corrected chi connectivity index (χ4v) is 2.19. The van der Waals surface area contributed by atoms with Gasteiger partial charge in [0.25, 0.3) is 0 Å². The Morgan fingerprint density at radius 3 is 2.43 bits per heavy atom. The zero-order chi connectivity index (χ0) is 9.68. The Balaban J connectivity index is 0.00000169. The van der Waals surface area contributed by atoms with Gasteiger partial charge in [0.1, 0.15) is 0 Å². The van der Waals surface area contributed by atoms with E-state index < -0.39 is 5.97 Å². The first-order valence-electron chi connectivity index (χ1n) is 5.42. The molecule has 1 saturated carbocycles. The van der Waals surface area contributed by atoms with Crippen LogP contribution in [0.15, 0.2) is 0 Å². The van der Waals surface area contributed by atoms with Crippen molar-refractivity contribution in [3.8, 4) is 0 Å². The number of unbranched alkanes of at least 4 members (excludes halogenated alkanes) is 2. The SMILES string of the molecule is CCCCCC1CC(CC(=O)[O-])C1.[Na+]. The Bertz CT molecular complexity index is 165. The second kappa shape index (κ2) is 7.72. The smallest absolute Gasteiger partial charge is 0.550 e. The van der Waals surface area contributed by atoms with Crippen molar-refractivity contribution in [1.82, 2.24) is 0 Å². The molecule has 0 aliphatic heterocycles. The fraction of sp³-hybridized carbons (Fsp3) is 0.909. The van der Waals surface area contributed by atoms with Crippen LogP contribution in [0.2, 0.25) is 0 Å². The van der Waals surface area contributed by atoms with Gasteiger partial charge >= 0.3 is 29.6 Å². The molecule has 0 radical (unpaired) electrons. The molecule has 76 valence electrons. The molecule has 14 heavy (non-hydrogen) atoms. The fourth-order valence-electron chi connectivity index (χ4n) is 2.19. The Morgan fingerprint density at radius 2 is 1.93 bits per heavy atom. The first-order chi connectivity index (χ1) is 6.22. The largest absolute Gasteiger partial charge is 1.00 e. The number of hydrogen-bond donors (Lipinski definition) is 0. The Hall–Kier alpha value is 0.470. The summed E-state index contributed by atoms with van der Waals surface area (Å²) in [6, 6.07) is 0. The van der Waals surface area contributed by atoms with E-state index in [1.54, 1.807) is 0 Å². The van der Waals surface area contributed by atoms with Crippen LogP contribution >= 0.6 is 0 Å². The van der Waals surface area contributed by atoms with E-state index in [0.717, 1.165) is 18.8 Å². The van der Waals surface area contributed by atoms with E-state index in [0.29, 0.717) is 5.92 Å². The number of carboxylic acids is 1. The van der Waals surface area contributed by atoms with E-state index in [1.165, 1.54) is 25.7 Å². The molecule has 0 aromatic carbocycles. The molecule has 1 aliphatic carbocycles. The van der Waals surface area contributed by atoms with E-state index in [9.17, 15) is 9.90 Å². The van der Waals surface area contributed by atoms with Crippen LogP contribution in [0.1, 0.15) is 51.9 Å². The van der Waals surface area contributed by atoms with Gasteiger partial charge in [-0.15, -0.1) is 0 Å². The Morgan fingerprint density at radius 1 is 1.29 bits per heavy atom. The van der Waals surface area contributed by atoms with Crippen LogP contribution in [-0.2, 0) is 4.79 Å². The summed E-state index contributed by atoms with van der Waals surface area (Å²) in [4.78, 5) is 10.3. The maximum absolute atomic E-state index is 10.3. The molecule has 0 N–H and O–H groups in total. The van der Waals surface area contributed by atoms with Crippen LogP contribution < -0.4 is 34.7 Å². The van der Waals surface area contributed by atoms with E-state index >= 15 is 0 Å². The Labute approximate surface area is 109 Å². The molecule has 1 rings (SSSR count). The van der Waals surface area contributed by atoms with Crippen LogP contribution in [-0.4, -0.2) is 5.97 Å². The minimum Gasteiger partial charge on any atom is -0.550 e. The molecule has 1 aliphatic rings. The summed E-state index contributed by atoms with van der Waals surface area (Å²) in [6.07, 6.45) is 7.74. The number of hydrogen-bond acceptors (Lipinski definition) is 2. The molecule has 3 heteroatoms. The molecule has 0 amide bonds. The van der Waals surface area contributed by atoms with Gasteiger partial charge in [0, 0.05) is 5.97 Å². The normalized spacial score (nSPS) is 24.9. The third-order valence-electron chi connectivity index (χ3n) is 3.00. The van der Waals surface area contributed by atoms with Gasteiger partial charge < -0.3 is 9.90 Å². The van der Waals surface area contributed by atoms with Gasteiger partial charge in [-0.25, -0.2) is 0 Å². The average molecular weight is 206 g/mol. The van der Waals surface area contributed by atoms with Crippen molar-refractivity contribution >= 4 is 5.97 Å². The van der Waals surface area contributed by atoms with Crippen molar-refractivity contribution in [3.05, 3.63) is 0 Å². The van der Waals surface area contributed by atoms with Gasteiger partial charge in [-0.3, -0.25) is 0 Å². The van der Waals surface area contributed by atoms with Gasteiger partial charge in [0.05, 0.1) is 0 Å². The topological polar surface area (TPSA) is 40.1 Å². The molecule has 0 unspecified atom stereocenters. The van der Waals surface area contributed by atoms with Gasteiger partial charge in [0.2, 0.25) is 0 Å².